The van der Waals surface area contributed by atoms with Gasteiger partial charge >= 0.3 is 0 Å². The molecule has 1 heterocycles. The summed E-state index contributed by atoms with van der Waals surface area (Å²) in [6.07, 6.45) is 1.63. The largest absolute Gasteiger partial charge is 0.271 e. The Morgan fingerprint density at radius 3 is 2.29 bits per heavy atom. The van der Waals surface area contributed by atoms with Gasteiger partial charge in [-0.05, 0) is 50.1 Å². The van der Waals surface area contributed by atoms with Crippen molar-refractivity contribution in [1.29, 1.82) is 0 Å². The summed E-state index contributed by atoms with van der Waals surface area (Å²) in [5.74, 6) is 0.510. The number of benzene rings is 2. The molecule has 1 N–H and O–H groups in total. The van der Waals surface area contributed by atoms with Gasteiger partial charge in [0.05, 0.1) is 6.21 Å². The molecule has 0 saturated heterocycles. The van der Waals surface area contributed by atoms with Crippen LogP contribution in [0.3, 0.4) is 0 Å². The third-order valence-corrected chi connectivity index (χ3v) is 4.92. The van der Waals surface area contributed by atoms with Gasteiger partial charge in [-0.1, -0.05) is 53.7 Å². The normalized spacial score (nSPS) is 11.0. The van der Waals surface area contributed by atoms with Gasteiger partial charge in [0.1, 0.15) is 0 Å². The van der Waals surface area contributed by atoms with Crippen LogP contribution in [0.25, 0.3) is 0 Å². The van der Waals surface area contributed by atoms with E-state index in [1.54, 1.807) is 30.1 Å². The van der Waals surface area contributed by atoms with Gasteiger partial charge in [-0.2, -0.15) is 5.10 Å². The summed E-state index contributed by atoms with van der Waals surface area (Å²) in [5, 5.41) is 4.79. The zero-order valence-corrected chi connectivity index (χ0v) is 17.0. The Balaban J connectivity index is 1.54. The molecule has 0 bridgehead atoms. The second kappa shape index (κ2) is 9.28. The fourth-order valence-corrected chi connectivity index (χ4v) is 3.45. The second-order valence-electron chi connectivity index (χ2n) is 6.53. The molecule has 5 nitrogen and oxygen atoms in total. The molecular weight excluding hydrogens is 368 g/mol. The maximum Gasteiger partial charge on any atom is 0.271 e. The minimum atomic E-state index is -0.236. The second-order valence-corrected chi connectivity index (χ2v) is 7.47. The summed E-state index contributed by atoms with van der Waals surface area (Å²) < 4.78 is 0. The van der Waals surface area contributed by atoms with E-state index in [9.17, 15) is 4.79 Å². The molecule has 1 amide bonds. The van der Waals surface area contributed by atoms with Crippen LogP contribution >= 0.6 is 11.8 Å². The highest BCUT2D eigenvalue weighted by atomic mass is 32.2. The van der Waals surface area contributed by atoms with Gasteiger partial charge in [0.15, 0.2) is 5.16 Å². The van der Waals surface area contributed by atoms with E-state index >= 15 is 0 Å². The van der Waals surface area contributed by atoms with E-state index in [1.807, 2.05) is 63.2 Å². The van der Waals surface area contributed by atoms with Crippen LogP contribution in [0.2, 0.25) is 0 Å². The highest BCUT2D eigenvalue weighted by molar-refractivity contribution is 7.98. The van der Waals surface area contributed by atoms with Gasteiger partial charge in [-0.25, -0.2) is 15.4 Å². The molecule has 142 valence electrons. The van der Waals surface area contributed by atoms with Crippen LogP contribution in [0.1, 0.15) is 38.4 Å². The van der Waals surface area contributed by atoms with Crippen LogP contribution in [0.5, 0.6) is 0 Å². The van der Waals surface area contributed by atoms with E-state index in [2.05, 4.69) is 20.5 Å². The standard InChI is InChI=1S/C22H22N4OS/c1-15-4-6-18(7-5-15)13-23-26-21(27)20-10-8-19(9-11-20)14-28-22-24-16(2)12-17(3)25-22/h4-13H,14H2,1-3H3,(H,26,27)/b23-13+. The lowest BCUT2D eigenvalue weighted by molar-refractivity contribution is 0.0955. The minimum Gasteiger partial charge on any atom is -0.267 e. The number of aromatic nitrogens is 2. The average Bonchev–Trinajstić information content (AvgIpc) is 2.67. The number of hydrogen-bond donors (Lipinski definition) is 1. The summed E-state index contributed by atoms with van der Waals surface area (Å²) in [7, 11) is 0. The summed E-state index contributed by atoms with van der Waals surface area (Å²) >= 11 is 1.58. The summed E-state index contributed by atoms with van der Waals surface area (Å²) in [4.78, 5) is 21.1. The lowest BCUT2D eigenvalue weighted by atomic mass is 10.1. The Hall–Kier alpha value is -2.99. The van der Waals surface area contributed by atoms with Gasteiger partial charge in [0, 0.05) is 22.7 Å². The predicted octanol–water partition coefficient (Wildman–Crippen LogP) is 4.46. The van der Waals surface area contributed by atoms with E-state index in [-0.39, 0.29) is 5.91 Å². The summed E-state index contributed by atoms with van der Waals surface area (Å²) in [5.41, 5.74) is 8.28. The number of nitrogens with zero attached hydrogens (tertiary/aromatic N) is 3. The smallest absolute Gasteiger partial charge is 0.267 e. The maximum absolute atomic E-state index is 12.2. The number of aryl methyl sites for hydroxylation is 3. The van der Waals surface area contributed by atoms with Crippen molar-refractivity contribution in [2.24, 2.45) is 5.10 Å². The molecule has 0 aliphatic rings. The Morgan fingerprint density at radius 2 is 1.64 bits per heavy atom. The third-order valence-electron chi connectivity index (χ3n) is 4.00. The number of amides is 1. The van der Waals surface area contributed by atoms with Gasteiger partial charge in [-0.3, -0.25) is 4.79 Å². The predicted molar refractivity (Wildman–Crippen MR) is 114 cm³/mol. The van der Waals surface area contributed by atoms with E-state index < -0.39 is 0 Å². The van der Waals surface area contributed by atoms with Crippen LogP contribution in [0.4, 0.5) is 0 Å². The maximum atomic E-state index is 12.2. The van der Waals surface area contributed by atoms with Gasteiger partial charge < -0.3 is 0 Å². The number of carbonyl (C=O) groups excluding carboxylic acids is 1. The van der Waals surface area contributed by atoms with Crippen LogP contribution in [-0.2, 0) is 5.75 Å². The SMILES string of the molecule is Cc1ccc(/C=N/NC(=O)c2ccc(CSc3nc(C)cc(C)n3)cc2)cc1. The molecule has 0 spiro atoms. The number of carbonyl (C=O) groups is 1. The molecule has 28 heavy (non-hydrogen) atoms. The van der Waals surface area contributed by atoms with E-state index in [4.69, 9.17) is 0 Å². The Bertz CT molecular complexity index is 962. The molecular formula is C22H22N4OS. The molecule has 6 heteroatoms. The fourth-order valence-electron chi connectivity index (χ4n) is 2.54. The molecule has 0 unspecified atom stereocenters. The molecule has 0 saturated carbocycles. The molecule has 3 aromatic rings. The first-order valence-electron chi connectivity index (χ1n) is 8.94. The lowest BCUT2D eigenvalue weighted by Crippen LogP contribution is -2.17. The van der Waals surface area contributed by atoms with Crippen molar-refractivity contribution in [2.75, 3.05) is 0 Å². The van der Waals surface area contributed by atoms with Crippen molar-refractivity contribution in [3.05, 3.63) is 88.2 Å². The van der Waals surface area contributed by atoms with Crippen molar-refractivity contribution in [2.45, 2.75) is 31.7 Å². The molecule has 3 rings (SSSR count). The molecule has 0 radical (unpaired) electrons. The van der Waals surface area contributed by atoms with E-state index in [0.717, 1.165) is 33.4 Å². The van der Waals surface area contributed by atoms with Crippen LogP contribution in [-0.4, -0.2) is 22.1 Å². The van der Waals surface area contributed by atoms with Crippen LogP contribution in [0.15, 0.2) is 64.9 Å². The van der Waals surface area contributed by atoms with Crippen molar-refractivity contribution in [1.82, 2.24) is 15.4 Å². The highest BCUT2D eigenvalue weighted by Gasteiger charge is 2.05. The highest BCUT2D eigenvalue weighted by Crippen LogP contribution is 2.20. The molecule has 2 aromatic carbocycles. The van der Waals surface area contributed by atoms with Crippen molar-refractivity contribution >= 4 is 23.9 Å². The van der Waals surface area contributed by atoms with Crippen LogP contribution < -0.4 is 5.43 Å². The molecule has 0 atom stereocenters. The number of thioether (sulfide) groups is 1. The van der Waals surface area contributed by atoms with Gasteiger partial charge in [0.25, 0.3) is 5.91 Å². The number of nitrogens with one attached hydrogen (secondary N) is 1. The third kappa shape index (κ3) is 5.76. The van der Waals surface area contributed by atoms with Gasteiger partial charge in [-0.15, -0.1) is 0 Å². The first-order valence-corrected chi connectivity index (χ1v) is 9.92. The molecule has 1 aromatic heterocycles. The van der Waals surface area contributed by atoms with Crippen molar-refractivity contribution in [3.63, 3.8) is 0 Å². The Kier molecular flexibility index (Phi) is 6.55. The minimum absolute atomic E-state index is 0.236. The topological polar surface area (TPSA) is 67.2 Å². The monoisotopic (exact) mass is 390 g/mol. The number of hydrazone groups is 1. The zero-order chi connectivity index (χ0) is 19.9. The average molecular weight is 391 g/mol. The number of rotatable bonds is 6. The quantitative estimate of drug-likeness (QED) is 0.292. The first kappa shape index (κ1) is 19.8. The summed E-state index contributed by atoms with van der Waals surface area (Å²) in [6.45, 7) is 5.96. The fraction of sp³-hybridized carbons (Fsp3) is 0.182. The van der Waals surface area contributed by atoms with E-state index in [1.165, 1.54) is 5.56 Å². The lowest BCUT2D eigenvalue weighted by Gasteiger charge is -2.05. The van der Waals surface area contributed by atoms with Crippen molar-refractivity contribution in [3.8, 4) is 0 Å². The zero-order valence-electron chi connectivity index (χ0n) is 16.1. The van der Waals surface area contributed by atoms with Crippen molar-refractivity contribution < 1.29 is 4.79 Å². The van der Waals surface area contributed by atoms with Crippen LogP contribution in [0, 0.1) is 20.8 Å². The molecule has 0 fully saturated rings. The molecule has 0 aliphatic carbocycles. The van der Waals surface area contributed by atoms with Gasteiger partial charge in [0.2, 0.25) is 0 Å². The molecule has 0 aliphatic heterocycles. The summed E-state index contributed by atoms with van der Waals surface area (Å²) in [6, 6.07) is 17.4. The number of hydrogen-bond acceptors (Lipinski definition) is 5. The Morgan fingerprint density at radius 1 is 1.00 bits per heavy atom. The Labute approximate surface area is 169 Å². The van der Waals surface area contributed by atoms with E-state index in [0.29, 0.717) is 5.56 Å². The first-order chi connectivity index (χ1) is 13.5.